The lowest BCUT2D eigenvalue weighted by molar-refractivity contribution is 0.102. The van der Waals surface area contributed by atoms with Crippen LogP contribution in [0.25, 0.3) is 5.69 Å². The van der Waals surface area contributed by atoms with Gasteiger partial charge in [-0.2, -0.15) is 5.10 Å². The number of benzene rings is 2. The van der Waals surface area contributed by atoms with Crippen LogP contribution >= 0.6 is 0 Å². The highest BCUT2D eigenvalue weighted by Gasteiger charge is 2.29. The number of aryl methyl sites for hydroxylation is 1. The lowest BCUT2D eigenvalue weighted by Gasteiger charge is -2.14. The van der Waals surface area contributed by atoms with E-state index in [0.717, 1.165) is 33.8 Å². The summed E-state index contributed by atoms with van der Waals surface area (Å²) in [6.07, 6.45) is 0.0695. The van der Waals surface area contributed by atoms with E-state index in [9.17, 15) is 9.00 Å². The number of amides is 1. The minimum atomic E-state index is -0.985. The van der Waals surface area contributed by atoms with Crippen molar-refractivity contribution in [3.05, 3.63) is 70.4 Å². The molecule has 0 saturated carbocycles. The first-order chi connectivity index (χ1) is 14.3. The van der Waals surface area contributed by atoms with Crippen LogP contribution in [0.3, 0.4) is 0 Å². The van der Waals surface area contributed by atoms with Crippen LogP contribution in [0, 0.1) is 13.8 Å². The van der Waals surface area contributed by atoms with Gasteiger partial charge in [0, 0.05) is 21.9 Å². The first kappa shape index (κ1) is 20.3. The molecule has 1 aliphatic heterocycles. The van der Waals surface area contributed by atoms with Crippen molar-refractivity contribution in [1.82, 2.24) is 9.78 Å². The van der Waals surface area contributed by atoms with Crippen LogP contribution in [0.1, 0.15) is 46.6 Å². The van der Waals surface area contributed by atoms with Gasteiger partial charge in [-0.15, -0.1) is 0 Å². The molecule has 0 fully saturated rings. The molecule has 1 aromatic heterocycles. The lowest BCUT2D eigenvalue weighted by atomic mass is 10.1. The summed E-state index contributed by atoms with van der Waals surface area (Å²) < 4.78 is 19.5. The number of ether oxygens (including phenoxy) is 1. The number of fused-ring (bicyclic) bond motifs is 1. The number of nitrogens with one attached hydrogen (secondary N) is 1. The van der Waals surface area contributed by atoms with Crippen molar-refractivity contribution in [2.75, 3.05) is 5.32 Å². The van der Waals surface area contributed by atoms with Crippen molar-refractivity contribution >= 4 is 22.5 Å². The third-order valence-electron chi connectivity index (χ3n) is 5.19. The maximum Gasteiger partial charge on any atom is 0.256 e. The Labute approximate surface area is 178 Å². The Balaban J connectivity index is 1.69. The second kappa shape index (κ2) is 8.07. The van der Waals surface area contributed by atoms with E-state index in [1.54, 1.807) is 28.9 Å². The van der Waals surface area contributed by atoms with Gasteiger partial charge in [0.25, 0.3) is 5.91 Å². The Kier molecular flexibility index (Phi) is 5.47. The normalized spacial score (nSPS) is 15.3. The molecule has 0 unspecified atom stereocenters. The summed E-state index contributed by atoms with van der Waals surface area (Å²) in [6, 6.07) is 13.1. The Morgan fingerprint density at radius 1 is 1.13 bits per heavy atom. The fraction of sp³-hybridized carbons (Fsp3) is 0.304. The van der Waals surface area contributed by atoms with E-state index in [-0.39, 0.29) is 12.0 Å². The molecule has 0 spiro atoms. The van der Waals surface area contributed by atoms with Gasteiger partial charge in [0.2, 0.25) is 0 Å². The molecule has 30 heavy (non-hydrogen) atoms. The summed E-state index contributed by atoms with van der Waals surface area (Å²) in [6.45, 7) is 8.00. The molecule has 7 heteroatoms. The van der Waals surface area contributed by atoms with Crippen LogP contribution in [-0.2, 0) is 22.3 Å². The van der Waals surface area contributed by atoms with E-state index in [2.05, 4.69) is 5.32 Å². The number of anilines is 1. The van der Waals surface area contributed by atoms with Gasteiger partial charge in [0.05, 0.1) is 29.0 Å². The smallest absolute Gasteiger partial charge is 0.256 e. The molecular weight excluding hydrogens is 398 g/mol. The molecule has 1 N–H and O–H groups in total. The van der Waals surface area contributed by atoms with Crippen LogP contribution < -0.4 is 10.1 Å². The number of aromatic nitrogens is 2. The molecule has 0 bridgehead atoms. The van der Waals surface area contributed by atoms with Gasteiger partial charge >= 0.3 is 0 Å². The first-order valence-corrected chi connectivity index (χ1v) is 11.4. The summed E-state index contributed by atoms with van der Waals surface area (Å²) in [5, 5.41) is 7.72. The third kappa shape index (κ3) is 3.89. The number of hydrogen-bond donors (Lipinski definition) is 1. The molecule has 0 radical (unpaired) electrons. The van der Waals surface area contributed by atoms with Crippen LogP contribution in [-0.4, -0.2) is 26.0 Å². The molecule has 3 aromatic rings. The van der Waals surface area contributed by atoms with Crippen LogP contribution in [0.2, 0.25) is 0 Å². The van der Waals surface area contributed by atoms with Crippen LogP contribution in [0.15, 0.2) is 42.5 Å². The molecule has 1 atom stereocenters. The predicted molar refractivity (Wildman–Crippen MR) is 119 cm³/mol. The number of rotatable bonds is 5. The molecule has 156 valence electrons. The van der Waals surface area contributed by atoms with Gasteiger partial charge in [0.15, 0.2) is 0 Å². The van der Waals surface area contributed by atoms with Crippen molar-refractivity contribution in [2.24, 2.45) is 0 Å². The highest BCUT2D eigenvalue weighted by Crippen LogP contribution is 2.33. The van der Waals surface area contributed by atoms with Crippen molar-refractivity contribution in [3.63, 3.8) is 0 Å². The van der Waals surface area contributed by atoms with E-state index in [1.807, 2.05) is 45.9 Å². The second-order valence-corrected chi connectivity index (χ2v) is 9.24. The molecule has 6 nitrogen and oxygen atoms in total. The van der Waals surface area contributed by atoms with E-state index in [4.69, 9.17) is 9.84 Å². The SMILES string of the molecule is Cc1cccc(-n2nc3c(c2NC(=O)c2ccc(OC(C)C)cc2)C[S@@](=O)C3)c1C. The minimum absolute atomic E-state index is 0.0695. The molecule has 2 aromatic carbocycles. The molecule has 1 amide bonds. The van der Waals surface area contributed by atoms with E-state index >= 15 is 0 Å². The standard InChI is InChI=1S/C23H25N3O3S/c1-14(2)29-18-10-8-17(9-11-18)23(27)24-22-19-12-30(28)13-20(19)25-26(22)21-7-5-6-15(3)16(21)4/h5-11,14H,12-13H2,1-4H3,(H,24,27)/t30-/m1/s1. The van der Waals surface area contributed by atoms with Gasteiger partial charge in [-0.1, -0.05) is 12.1 Å². The summed E-state index contributed by atoms with van der Waals surface area (Å²) in [7, 11) is -0.985. The maximum absolute atomic E-state index is 13.0. The van der Waals surface area contributed by atoms with E-state index < -0.39 is 10.8 Å². The third-order valence-corrected chi connectivity index (χ3v) is 6.40. The molecule has 0 aliphatic carbocycles. The molecular formula is C23H25N3O3S. The Hall–Kier alpha value is -2.93. The summed E-state index contributed by atoms with van der Waals surface area (Å²) in [5.74, 6) is 1.89. The van der Waals surface area contributed by atoms with Crippen LogP contribution in [0.5, 0.6) is 5.75 Å². The van der Waals surface area contributed by atoms with Crippen molar-refractivity contribution in [2.45, 2.75) is 45.3 Å². The van der Waals surface area contributed by atoms with Gasteiger partial charge < -0.3 is 10.1 Å². The van der Waals surface area contributed by atoms with Crippen molar-refractivity contribution < 1.29 is 13.7 Å². The monoisotopic (exact) mass is 423 g/mol. The molecule has 1 aliphatic rings. The first-order valence-electron chi connectivity index (χ1n) is 9.94. The summed E-state index contributed by atoms with van der Waals surface area (Å²) >= 11 is 0. The number of hydrogen-bond acceptors (Lipinski definition) is 4. The van der Waals surface area contributed by atoms with Gasteiger partial charge in [-0.3, -0.25) is 9.00 Å². The second-order valence-electron chi connectivity index (χ2n) is 7.78. The van der Waals surface area contributed by atoms with Crippen LogP contribution in [0.4, 0.5) is 5.82 Å². The molecule has 4 rings (SSSR count). The largest absolute Gasteiger partial charge is 0.491 e. The van der Waals surface area contributed by atoms with E-state index in [0.29, 0.717) is 22.9 Å². The minimum Gasteiger partial charge on any atom is -0.491 e. The molecule has 2 heterocycles. The average Bonchev–Trinajstić information content (AvgIpc) is 3.21. The summed E-state index contributed by atoms with van der Waals surface area (Å²) in [4.78, 5) is 13.0. The number of carbonyl (C=O) groups is 1. The predicted octanol–water partition coefficient (Wildman–Crippen LogP) is 4.29. The van der Waals surface area contributed by atoms with Gasteiger partial charge in [-0.05, 0) is 69.2 Å². The Bertz CT molecular complexity index is 1130. The number of carbonyl (C=O) groups excluding carboxylic acids is 1. The van der Waals surface area contributed by atoms with Crippen molar-refractivity contribution in [1.29, 1.82) is 0 Å². The van der Waals surface area contributed by atoms with Crippen molar-refractivity contribution in [3.8, 4) is 11.4 Å². The van der Waals surface area contributed by atoms with E-state index in [1.165, 1.54) is 0 Å². The highest BCUT2D eigenvalue weighted by atomic mass is 32.2. The quantitative estimate of drug-likeness (QED) is 0.664. The summed E-state index contributed by atoms with van der Waals surface area (Å²) in [5.41, 5.74) is 5.29. The topological polar surface area (TPSA) is 73.2 Å². The van der Waals surface area contributed by atoms with Gasteiger partial charge in [-0.25, -0.2) is 4.68 Å². The zero-order valence-corrected chi connectivity index (χ0v) is 18.4. The lowest BCUT2D eigenvalue weighted by Crippen LogP contribution is -2.17. The fourth-order valence-electron chi connectivity index (χ4n) is 3.53. The highest BCUT2D eigenvalue weighted by molar-refractivity contribution is 7.83. The zero-order chi connectivity index (χ0) is 21.4. The average molecular weight is 424 g/mol. The Morgan fingerprint density at radius 3 is 2.57 bits per heavy atom. The Morgan fingerprint density at radius 2 is 1.87 bits per heavy atom. The van der Waals surface area contributed by atoms with Gasteiger partial charge in [0.1, 0.15) is 11.6 Å². The molecule has 0 saturated heterocycles. The number of nitrogens with zero attached hydrogens (tertiary/aromatic N) is 2. The fourth-order valence-corrected chi connectivity index (χ4v) is 4.80. The zero-order valence-electron chi connectivity index (χ0n) is 17.6. The maximum atomic E-state index is 13.0.